The number of para-hydroxylation sites is 1. The van der Waals surface area contributed by atoms with Gasteiger partial charge in [-0.05, 0) is 37.1 Å². The average Bonchev–Trinajstić information content (AvgIpc) is 3.25. The summed E-state index contributed by atoms with van der Waals surface area (Å²) in [7, 11) is -1.21. The second kappa shape index (κ2) is 9.15. The largest absolute Gasteiger partial charge is 0.497 e. The summed E-state index contributed by atoms with van der Waals surface area (Å²) in [6, 6.07) is 10.9. The third kappa shape index (κ3) is 4.99. The maximum atomic E-state index is 13.0. The lowest BCUT2D eigenvalue weighted by molar-refractivity contribution is 0.0858. The average molecular weight is 420 g/mol. The lowest BCUT2D eigenvalue weighted by atomic mass is 10.1. The van der Waals surface area contributed by atoms with Crippen molar-refractivity contribution in [2.75, 3.05) is 32.1 Å². The maximum Gasteiger partial charge on any atom is 0.265 e. The fourth-order valence-electron chi connectivity index (χ4n) is 3.07. The predicted molar refractivity (Wildman–Crippen MR) is 108 cm³/mol. The number of sulfonamides is 1. The molecule has 1 saturated heterocycles. The van der Waals surface area contributed by atoms with Crippen molar-refractivity contribution in [3.8, 4) is 11.5 Å². The molecule has 8 nitrogen and oxygen atoms in total. The molecule has 0 spiro atoms. The van der Waals surface area contributed by atoms with Crippen LogP contribution in [0.15, 0.2) is 47.4 Å². The fraction of sp³-hybridized carbons (Fsp3) is 0.350. The summed E-state index contributed by atoms with van der Waals surface area (Å²) in [6.07, 6.45) is 1.85. The number of hydrogen-bond donors (Lipinski definition) is 2. The molecule has 1 amide bonds. The van der Waals surface area contributed by atoms with Crippen LogP contribution in [-0.2, 0) is 14.8 Å². The van der Waals surface area contributed by atoms with Crippen molar-refractivity contribution in [1.82, 2.24) is 5.32 Å². The minimum Gasteiger partial charge on any atom is -0.497 e. The number of carbonyl (C=O) groups is 1. The summed E-state index contributed by atoms with van der Waals surface area (Å²) in [5, 5.41) is 2.80. The van der Waals surface area contributed by atoms with Gasteiger partial charge >= 0.3 is 0 Å². The van der Waals surface area contributed by atoms with Crippen molar-refractivity contribution in [2.45, 2.75) is 23.8 Å². The number of carbonyl (C=O) groups excluding carboxylic acids is 1. The number of anilines is 1. The van der Waals surface area contributed by atoms with Gasteiger partial charge in [0.1, 0.15) is 16.4 Å². The van der Waals surface area contributed by atoms with Gasteiger partial charge < -0.3 is 19.5 Å². The van der Waals surface area contributed by atoms with E-state index in [0.717, 1.165) is 12.8 Å². The van der Waals surface area contributed by atoms with Gasteiger partial charge in [-0.25, -0.2) is 8.42 Å². The van der Waals surface area contributed by atoms with Crippen LogP contribution in [0.25, 0.3) is 0 Å². The summed E-state index contributed by atoms with van der Waals surface area (Å²) < 4.78 is 44.3. The quantitative estimate of drug-likeness (QED) is 0.680. The Morgan fingerprint density at radius 3 is 2.66 bits per heavy atom. The minimum atomic E-state index is -4.03. The molecule has 0 bridgehead atoms. The Hall–Kier alpha value is -2.78. The highest BCUT2D eigenvalue weighted by molar-refractivity contribution is 7.92. The number of amides is 1. The molecule has 1 aliphatic rings. The first-order valence-corrected chi connectivity index (χ1v) is 10.7. The highest BCUT2D eigenvalue weighted by atomic mass is 32.2. The van der Waals surface area contributed by atoms with E-state index in [9.17, 15) is 13.2 Å². The van der Waals surface area contributed by atoms with Crippen LogP contribution in [0.1, 0.15) is 23.2 Å². The molecule has 2 N–H and O–H groups in total. The summed E-state index contributed by atoms with van der Waals surface area (Å²) in [5.41, 5.74) is 0.387. The predicted octanol–water partition coefficient (Wildman–Crippen LogP) is 2.41. The van der Waals surface area contributed by atoms with E-state index in [0.29, 0.717) is 18.9 Å². The smallest absolute Gasteiger partial charge is 0.265 e. The van der Waals surface area contributed by atoms with Crippen molar-refractivity contribution in [3.63, 3.8) is 0 Å². The lowest BCUT2D eigenvalue weighted by Crippen LogP contribution is -2.32. The Morgan fingerprint density at radius 1 is 1.17 bits per heavy atom. The van der Waals surface area contributed by atoms with Gasteiger partial charge in [-0.15, -0.1) is 0 Å². The Balaban J connectivity index is 1.83. The van der Waals surface area contributed by atoms with E-state index in [-0.39, 0.29) is 33.9 Å². The van der Waals surface area contributed by atoms with Crippen molar-refractivity contribution in [3.05, 3.63) is 48.0 Å². The molecule has 0 unspecified atom stereocenters. The molecule has 29 heavy (non-hydrogen) atoms. The van der Waals surface area contributed by atoms with Crippen LogP contribution in [0, 0.1) is 0 Å². The second-order valence-corrected chi connectivity index (χ2v) is 8.16. The van der Waals surface area contributed by atoms with E-state index in [2.05, 4.69) is 10.0 Å². The van der Waals surface area contributed by atoms with Crippen molar-refractivity contribution < 1.29 is 27.4 Å². The maximum absolute atomic E-state index is 13.0. The molecular weight excluding hydrogens is 396 g/mol. The number of methoxy groups -OCH3 is 2. The van der Waals surface area contributed by atoms with E-state index < -0.39 is 10.0 Å². The zero-order valence-electron chi connectivity index (χ0n) is 16.3. The molecule has 0 aromatic heterocycles. The monoisotopic (exact) mass is 420 g/mol. The third-order valence-corrected chi connectivity index (χ3v) is 5.98. The molecule has 1 heterocycles. The zero-order valence-corrected chi connectivity index (χ0v) is 17.1. The number of ether oxygens (including phenoxy) is 3. The number of benzene rings is 2. The van der Waals surface area contributed by atoms with Crippen LogP contribution in [0.4, 0.5) is 5.69 Å². The molecule has 1 aliphatic heterocycles. The first kappa shape index (κ1) is 20.9. The van der Waals surface area contributed by atoms with Crippen molar-refractivity contribution in [2.24, 2.45) is 0 Å². The van der Waals surface area contributed by atoms with Crippen LogP contribution < -0.4 is 19.5 Å². The van der Waals surface area contributed by atoms with Crippen molar-refractivity contribution in [1.29, 1.82) is 0 Å². The van der Waals surface area contributed by atoms with Crippen molar-refractivity contribution >= 4 is 21.6 Å². The van der Waals surface area contributed by atoms with E-state index >= 15 is 0 Å². The molecular formula is C20H24N2O6S. The zero-order chi connectivity index (χ0) is 20.9. The van der Waals surface area contributed by atoms with Gasteiger partial charge in [-0.1, -0.05) is 12.1 Å². The van der Waals surface area contributed by atoms with Crippen LogP contribution in [0.3, 0.4) is 0 Å². The summed E-state index contributed by atoms with van der Waals surface area (Å²) in [6.45, 7) is 1.07. The van der Waals surface area contributed by atoms with E-state index in [1.165, 1.54) is 32.4 Å². The Kier molecular flexibility index (Phi) is 6.60. The van der Waals surface area contributed by atoms with Gasteiger partial charge in [-0.2, -0.15) is 0 Å². The highest BCUT2D eigenvalue weighted by Crippen LogP contribution is 2.30. The number of nitrogens with one attached hydrogen (secondary N) is 2. The van der Waals surface area contributed by atoms with Gasteiger partial charge in [0, 0.05) is 19.2 Å². The molecule has 3 rings (SSSR count). The molecule has 2 aromatic carbocycles. The number of rotatable bonds is 8. The molecule has 2 aromatic rings. The molecule has 9 heteroatoms. The van der Waals surface area contributed by atoms with E-state index in [1.54, 1.807) is 24.3 Å². The molecule has 1 atom stereocenters. The van der Waals surface area contributed by atoms with Gasteiger partial charge in [0.25, 0.3) is 15.9 Å². The van der Waals surface area contributed by atoms with Gasteiger partial charge in [0.15, 0.2) is 0 Å². The van der Waals surface area contributed by atoms with Gasteiger partial charge in [-0.3, -0.25) is 9.52 Å². The normalized spacial score (nSPS) is 16.3. The van der Waals surface area contributed by atoms with Gasteiger partial charge in [0.2, 0.25) is 0 Å². The number of hydrogen-bond acceptors (Lipinski definition) is 6. The second-order valence-electron chi connectivity index (χ2n) is 6.51. The SMILES string of the molecule is COc1ccc(OC)c(S(=O)(=O)Nc2ccccc2C(=O)NC[C@@H]2CCCO2)c1. The molecule has 1 fully saturated rings. The Morgan fingerprint density at radius 2 is 1.97 bits per heavy atom. The van der Waals surface area contributed by atoms with E-state index in [1.807, 2.05) is 0 Å². The molecule has 0 radical (unpaired) electrons. The standard InChI is InChI=1S/C20H24N2O6S/c1-26-14-9-10-18(27-2)19(12-14)29(24,25)22-17-8-4-3-7-16(17)20(23)21-13-15-6-5-11-28-15/h3-4,7-10,12,15,22H,5-6,11,13H2,1-2H3,(H,21,23)/t15-/m0/s1. The summed E-state index contributed by atoms with van der Waals surface area (Å²) in [4.78, 5) is 12.5. The van der Waals surface area contributed by atoms with Crippen LogP contribution in [0.2, 0.25) is 0 Å². The van der Waals surface area contributed by atoms with Crippen LogP contribution in [0.5, 0.6) is 11.5 Å². The fourth-order valence-corrected chi connectivity index (χ4v) is 4.34. The Bertz CT molecular complexity index is 971. The summed E-state index contributed by atoms with van der Waals surface area (Å²) >= 11 is 0. The lowest BCUT2D eigenvalue weighted by Gasteiger charge is -2.16. The molecule has 0 saturated carbocycles. The van der Waals surface area contributed by atoms with Crippen LogP contribution >= 0.6 is 0 Å². The third-order valence-electron chi connectivity index (χ3n) is 4.59. The first-order valence-electron chi connectivity index (χ1n) is 9.18. The Labute approximate surface area is 170 Å². The minimum absolute atomic E-state index is 0.0103. The highest BCUT2D eigenvalue weighted by Gasteiger charge is 2.24. The topological polar surface area (TPSA) is 103 Å². The molecule has 0 aliphatic carbocycles. The molecule has 156 valence electrons. The van der Waals surface area contributed by atoms with Crippen LogP contribution in [-0.4, -0.2) is 47.8 Å². The summed E-state index contributed by atoms with van der Waals surface area (Å²) in [5.74, 6) is 0.156. The first-order chi connectivity index (χ1) is 13.9. The van der Waals surface area contributed by atoms with E-state index in [4.69, 9.17) is 14.2 Å². The van der Waals surface area contributed by atoms with Gasteiger partial charge in [0.05, 0.1) is 31.6 Å².